The van der Waals surface area contributed by atoms with E-state index in [-0.39, 0.29) is 57.7 Å². The summed E-state index contributed by atoms with van der Waals surface area (Å²) in [6.07, 6.45) is 8.63. The third-order valence-corrected chi connectivity index (χ3v) is 14.6. The third-order valence-electron chi connectivity index (χ3n) is 14.6. The van der Waals surface area contributed by atoms with Gasteiger partial charge in [0.1, 0.15) is 5.75 Å². The van der Waals surface area contributed by atoms with Gasteiger partial charge in [-0.05, 0) is 147 Å². The molecule has 0 atom stereocenters. The number of aromatic hydroxyl groups is 1. The molecular formula is C68H76N4OZn. The van der Waals surface area contributed by atoms with Crippen LogP contribution >= 0.6 is 0 Å². The Kier molecular flexibility index (Phi) is 13.9. The molecule has 2 aliphatic heterocycles. The van der Waals surface area contributed by atoms with E-state index in [9.17, 15) is 5.11 Å². The summed E-state index contributed by atoms with van der Waals surface area (Å²) in [7, 11) is 0. The second kappa shape index (κ2) is 18.9. The van der Waals surface area contributed by atoms with E-state index in [1.54, 1.807) is 12.1 Å². The van der Waals surface area contributed by atoms with Crippen molar-refractivity contribution in [3.05, 3.63) is 159 Å². The SMILES string of the molecule is CC(C)(C)c1cc(-c2c3nc(c(-c4cc(C(C)(C)C)cc(C(C)(C)C)c4)c4ccc([n-]4)c(-c4cc(C(C)(C)C)cc(C(C)(C)C)c4)c4nc(c(-c5ccc(O)cc5)c5ccc2[n-]5)C=C4)C=C3)cc(C(C)(C)C)c1.[Zn+2]. The molecule has 1 N–H and O–H groups in total. The molecule has 5 heterocycles. The topological polar surface area (TPSA) is 74.2 Å². The minimum atomic E-state index is -0.117. The van der Waals surface area contributed by atoms with Crippen molar-refractivity contribution in [2.75, 3.05) is 0 Å². The molecule has 376 valence electrons. The molecule has 3 aromatic heterocycles. The summed E-state index contributed by atoms with van der Waals surface area (Å²) >= 11 is 0. The van der Waals surface area contributed by atoms with Crippen molar-refractivity contribution < 1.29 is 24.6 Å². The summed E-state index contributed by atoms with van der Waals surface area (Å²) in [6.45, 7) is 41.2. The smallest absolute Gasteiger partial charge is 0.657 e. The van der Waals surface area contributed by atoms with E-state index in [0.717, 1.165) is 89.4 Å². The summed E-state index contributed by atoms with van der Waals surface area (Å²) in [6, 6.07) is 37.2. The molecule has 0 saturated heterocycles. The third kappa shape index (κ3) is 10.9. The van der Waals surface area contributed by atoms with E-state index in [4.69, 9.17) is 19.9 Å². The molecule has 8 bridgehead atoms. The van der Waals surface area contributed by atoms with Crippen LogP contribution in [0.5, 0.6) is 5.75 Å². The number of aromatic nitrogens is 4. The minimum absolute atomic E-state index is 0. The van der Waals surface area contributed by atoms with Crippen LogP contribution in [-0.2, 0) is 52.0 Å². The van der Waals surface area contributed by atoms with Crippen LogP contribution in [-0.4, -0.2) is 15.1 Å². The molecule has 0 saturated carbocycles. The fourth-order valence-electron chi connectivity index (χ4n) is 9.81. The molecule has 74 heavy (non-hydrogen) atoms. The van der Waals surface area contributed by atoms with Crippen molar-refractivity contribution in [3.63, 3.8) is 0 Å². The van der Waals surface area contributed by atoms with Crippen LogP contribution in [0.4, 0.5) is 0 Å². The number of hydrogen-bond acceptors (Lipinski definition) is 3. The average molecular weight is 1030 g/mol. The first-order valence-electron chi connectivity index (χ1n) is 26.2. The standard InChI is InChI=1S/C68H76N4O.Zn/c1-63(2,3)44-31-41(32-45(37-44)64(4,5)6)60-53-25-23-51(69-53)59(40-19-21-50(73)22-20-40)52-24-26-54(70-52)61(42-33-46(65(7,8)9)38-47(34-42)66(10,11)12)56-28-30-58(72-56)62(57-29-27-55(60)71-57)43-35-48(67(13,14)15)39-49(36-43)68(16,17)18;/h19-39H,1-18H3,(H-2,69,70,71,72,73);/q-2;+2. The quantitative estimate of drug-likeness (QED) is 0.178. The minimum Gasteiger partial charge on any atom is -0.657 e. The van der Waals surface area contributed by atoms with E-state index in [1.165, 1.54) is 33.4 Å². The Labute approximate surface area is 454 Å². The maximum atomic E-state index is 10.6. The second-order valence-corrected chi connectivity index (χ2v) is 26.8. The van der Waals surface area contributed by atoms with E-state index < -0.39 is 0 Å². The molecule has 7 aromatic rings. The second-order valence-electron chi connectivity index (χ2n) is 26.8. The Bertz CT molecular complexity index is 3380. The Balaban J connectivity index is 0.00000729. The number of benzene rings is 4. The summed E-state index contributed by atoms with van der Waals surface area (Å²) in [5.74, 6) is 0.199. The van der Waals surface area contributed by atoms with Crippen LogP contribution in [0, 0.1) is 0 Å². The maximum Gasteiger partial charge on any atom is 2.00 e. The Hall–Kier alpha value is -6.10. The molecule has 9 rings (SSSR count). The zero-order valence-electron chi connectivity index (χ0n) is 47.6. The van der Waals surface area contributed by atoms with Gasteiger partial charge in [-0.1, -0.05) is 216 Å². The number of fused-ring (bicyclic) bond motifs is 8. The van der Waals surface area contributed by atoms with E-state index in [2.05, 4.69) is 228 Å². The predicted octanol–water partition coefficient (Wildman–Crippen LogP) is 18.1. The maximum absolute atomic E-state index is 10.6. The van der Waals surface area contributed by atoms with Gasteiger partial charge >= 0.3 is 19.5 Å². The summed E-state index contributed by atoms with van der Waals surface area (Å²) < 4.78 is 0. The van der Waals surface area contributed by atoms with Crippen molar-refractivity contribution in [2.24, 2.45) is 0 Å². The van der Waals surface area contributed by atoms with Crippen molar-refractivity contribution >= 4 is 46.4 Å². The zero-order chi connectivity index (χ0) is 53.0. The molecule has 6 heteroatoms. The molecule has 0 amide bonds. The molecule has 0 unspecified atom stereocenters. The number of rotatable bonds is 4. The molecule has 5 nitrogen and oxygen atoms in total. The van der Waals surface area contributed by atoms with E-state index in [1.807, 2.05) is 12.1 Å². The molecule has 0 radical (unpaired) electrons. The van der Waals surface area contributed by atoms with Gasteiger partial charge in [0.15, 0.2) is 0 Å². The van der Waals surface area contributed by atoms with Crippen LogP contribution in [0.2, 0.25) is 0 Å². The fraction of sp³-hybridized carbons (Fsp3) is 0.353. The van der Waals surface area contributed by atoms with Crippen LogP contribution < -0.4 is 9.97 Å². The van der Waals surface area contributed by atoms with Gasteiger partial charge in [-0.15, -0.1) is 22.1 Å². The van der Waals surface area contributed by atoms with Crippen molar-refractivity contribution in [1.29, 1.82) is 0 Å². The van der Waals surface area contributed by atoms with Gasteiger partial charge in [-0.2, -0.15) is 0 Å². The zero-order valence-corrected chi connectivity index (χ0v) is 50.5. The van der Waals surface area contributed by atoms with Gasteiger partial charge in [-0.3, -0.25) is 0 Å². The predicted molar refractivity (Wildman–Crippen MR) is 312 cm³/mol. The van der Waals surface area contributed by atoms with Crippen LogP contribution in [0.1, 0.15) is 181 Å². The average Bonchev–Trinajstić information content (AvgIpc) is 4.13. The summed E-state index contributed by atoms with van der Waals surface area (Å²) in [4.78, 5) is 22.7. The first-order chi connectivity index (χ1) is 33.8. The molecule has 0 spiro atoms. The normalized spacial score (nSPS) is 13.4. The molecule has 4 aromatic carbocycles. The van der Waals surface area contributed by atoms with Gasteiger partial charge in [-0.25, -0.2) is 9.97 Å². The Morgan fingerprint density at radius 2 is 0.514 bits per heavy atom. The Morgan fingerprint density at radius 1 is 0.297 bits per heavy atom. The van der Waals surface area contributed by atoms with Gasteiger partial charge in [0.05, 0.1) is 22.8 Å². The number of phenols is 1. The number of hydrogen-bond donors (Lipinski definition) is 1. The molecule has 0 aliphatic carbocycles. The molecular weight excluding hydrogens is 954 g/mol. The molecule has 0 fully saturated rings. The van der Waals surface area contributed by atoms with Crippen molar-refractivity contribution in [3.8, 4) is 50.3 Å². The largest absolute Gasteiger partial charge is 2.00 e. The van der Waals surface area contributed by atoms with Crippen LogP contribution in [0.25, 0.3) is 90.9 Å². The fourth-order valence-corrected chi connectivity index (χ4v) is 9.81. The monoisotopic (exact) mass is 1030 g/mol. The molecule has 2 aliphatic rings. The Morgan fingerprint density at radius 3 is 0.730 bits per heavy atom. The van der Waals surface area contributed by atoms with Crippen molar-refractivity contribution in [1.82, 2.24) is 19.9 Å². The van der Waals surface area contributed by atoms with Crippen molar-refractivity contribution in [2.45, 2.75) is 157 Å². The number of nitrogens with zero attached hydrogens (tertiary/aromatic N) is 4. The van der Waals surface area contributed by atoms with Crippen LogP contribution in [0.15, 0.2) is 103 Å². The van der Waals surface area contributed by atoms with E-state index >= 15 is 0 Å². The van der Waals surface area contributed by atoms with Gasteiger partial charge in [0.2, 0.25) is 0 Å². The van der Waals surface area contributed by atoms with E-state index in [0.29, 0.717) is 0 Å². The van der Waals surface area contributed by atoms with Gasteiger partial charge in [0, 0.05) is 0 Å². The number of phenolic OH excluding ortho intramolecular Hbond substituents is 1. The first kappa shape index (κ1) is 54.2. The van der Waals surface area contributed by atoms with Crippen LogP contribution in [0.3, 0.4) is 0 Å². The van der Waals surface area contributed by atoms with Gasteiger partial charge < -0.3 is 15.1 Å². The first-order valence-corrected chi connectivity index (χ1v) is 26.2. The van der Waals surface area contributed by atoms with Gasteiger partial charge in [0.25, 0.3) is 0 Å². The summed E-state index contributed by atoms with van der Waals surface area (Å²) in [5.41, 5.74) is 21.3. The summed E-state index contributed by atoms with van der Waals surface area (Å²) in [5, 5.41) is 10.6.